The third-order valence-corrected chi connectivity index (χ3v) is 2.68. The van der Waals surface area contributed by atoms with E-state index in [9.17, 15) is 4.79 Å². The minimum absolute atomic E-state index is 0.0811. The van der Waals surface area contributed by atoms with Crippen LogP contribution in [0.15, 0.2) is 55.4 Å². The first kappa shape index (κ1) is 15.6. The first-order valence-electron chi connectivity index (χ1n) is 6.39. The van der Waals surface area contributed by atoms with Crippen LogP contribution < -0.4 is 5.32 Å². The van der Waals surface area contributed by atoms with Gasteiger partial charge in [0.15, 0.2) is 0 Å². The number of nitrogens with one attached hydrogen (secondary N) is 1. The van der Waals surface area contributed by atoms with Gasteiger partial charge < -0.3 is 5.32 Å². The summed E-state index contributed by atoms with van der Waals surface area (Å²) in [5.74, 6) is -0.0811. The fourth-order valence-corrected chi connectivity index (χ4v) is 1.56. The maximum absolute atomic E-state index is 10.9. The lowest BCUT2D eigenvalue weighted by Crippen LogP contribution is -2.17. The SMILES string of the molecule is C=C(C)c1cccc(C)c1.CNC(=O)c1ccncc1. The number of benzene rings is 1. The second-order valence-corrected chi connectivity index (χ2v) is 4.46. The van der Waals surface area contributed by atoms with E-state index >= 15 is 0 Å². The van der Waals surface area contributed by atoms with Crippen LogP contribution in [0.3, 0.4) is 0 Å². The molecule has 1 amide bonds. The summed E-state index contributed by atoms with van der Waals surface area (Å²) < 4.78 is 0. The lowest BCUT2D eigenvalue weighted by molar-refractivity contribution is 0.0963. The van der Waals surface area contributed by atoms with E-state index in [2.05, 4.69) is 48.1 Å². The predicted molar refractivity (Wildman–Crippen MR) is 83.5 cm³/mol. The second-order valence-electron chi connectivity index (χ2n) is 4.46. The zero-order valence-corrected chi connectivity index (χ0v) is 12.2. The van der Waals surface area contributed by atoms with Gasteiger partial charge in [0.05, 0.1) is 0 Å². The molecule has 0 fully saturated rings. The molecule has 0 aliphatic rings. The van der Waals surface area contributed by atoms with Crippen LogP contribution in [0, 0.1) is 6.92 Å². The molecule has 0 radical (unpaired) electrons. The van der Waals surface area contributed by atoms with Crippen molar-refractivity contribution >= 4 is 11.5 Å². The number of carbonyl (C=O) groups excluding carboxylic acids is 1. The number of hydrogen-bond donors (Lipinski definition) is 1. The van der Waals surface area contributed by atoms with Gasteiger partial charge in [-0.2, -0.15) is 0 Å². The van der Waals surface area contributed by atoms with E-state index in [-0.39, 0.29) is 5.91 Å². The summed E-state index contributed by atoms with van der Waals surface area (Å²) in [6.07, 6.45) is 3.18. The maximum Gasteiger partial charge on any atom is 0.251 e. The topological polar surface area (TPSA) is 42.0 Å². The zero-order valence-electron chi connectivity index (χ0n) is 12.2. The van der Waals surface area contributed by atoms with Gasteiger partial charge in [0, 0.05) is 25.0 Å². The van der Waals surface area contributed by atoms with E-state index in [0.29, 0.717) is 5.56 Å². The number of nitrogens with zero attached hydrogens (tertiary/aromatic N) is 1. The average molecular weight is 268 g/mol. The monoisotopic (exact) mass is 268 g/mol. The van der Waals surface area contributed by atoms with E-state index in [0.717, 1.165) is 5.57 Å². The first-order chi connectivity index (χ1) is 9.54. The van der Waals surface area contributed by atoms with Crippen LogP contribution in [0.5, 0.6) is 0 Å². The molecule has 1 aromatic carbocycles. The average Bonchev–Trinajstić information content (AvgIpc) is 2.48. The fraction of sp³-hybridized carbons (Fsp3) is 0.176. The summed E-state index contributed by atoms with van der Waals surface area (Å²) in [5, 5.41) is 2.51. The van der Waals surface area contributed by atoms with Gasteiger partial charge in [-0.05, 0) is 31.5 Å². The lowest BCUT2D eigenvalue weighted by atomic mass is 10.1. The van der Waals surface area contributed by atoms with Crippen molar-refractivity contribution in [2.24, 2.45) is 0 Å². The number of carbonyl (C=O) groups is 1. The molecule has 0 aliphatic heterocycles. The molecular weight excluding hydrogens is 248 g/mol. The Kier molecular flexibility index (Phi) is 6.17. The molecule has 2 rings (SSSR count). The highest BCUT2D eigenvalue weighted by molar-refractivity contribution is 5.93. The number of allylic oxidation sites excluding steroid dienone is 1. The molecule has 3 nitrogen and oxygen atoms in total. The Morgan fingerprint density at radius 3 is 2.25 bits per heavy atom. The van der Waals surface area contributed by atoms with Crippen LogP contribution in [0.25, 0.3) is 5.57 Å². The molecular formula is C17H20N2O. The van der Waals surface area contributed by atoms with E-state index in [1.165, 1.54) is 11.1 Å². The van der Waals surface area contributed by atoms with Gasteiger partial charge in [-0.15, -0.1) is 0 Å². The van der Waals surface area contributed by atoms with Crippen LogP contribution in [0.1, 0.15) is 28.4 Å². The van der Waals surface area contributed by atoms with Crippen LogP contribution in [0.2, 0.25) is 0 Å². The van der Waals surface area contributed by atoms with Gasteiger partial charge >= 0.3 is 0 Å². The van der Waals surface area contributed by atoms with E-state index in [1.54, 1.807) is 31.6 Å². The molecule has 3 heteroatoms. The fourth-order valence-electron chi connectivity index (χ4n) is 1.56. The zero-order chi connectivity index (χ0) is 15.0. The number of pyridine rings is 1. The van der Waals surface area contributed by atoms with E-state index in [4.69, 9.17) is 0 Å². The van der Waals surface area contributed by atoms with E-state index in [1.807, 2.05) is 6.92 Å². The molecule has 0 saturated heterocycles. The minimum Gasteiger partial charge on any atom is -0.355 e. The number of aryl methyl sites for hydroxylation is 1. The van der Waals surface area contributed by atoms with E-state index < -0.39 is 0 Å². The van der Waals surface area contributed by atoms with Gasteiger partial charge in [0.2, 0.25) is 0 Å². The molecule has 20 heavy (non-hydrogen) atoms. The third-order valence-electron chi connectivity index (χ3n) is 2.68. The Labute approximate surface area is 120 Å². The Hall–Kier alpha value is -2.42. The van der Waals surface area contributed by atoms with Crippen LogP contribution in [0.4, 0.5) is 0 Å². The smallest absolute Gasteiger partial charge is 0.251 e. The standard InChI is InChI=1S/C10H12.C7H8N2O/c1-8(2)10-6-4-5-9(3)7-10;1-8-7(10)6-2-4-9-5-3-6/h4-7H,1H2,2-3H3;2-5H,1H3,(H,8,10). The molecule has 0 saturated carbocycles. The van der Waals surface area contributed by atoms with Gasteiger partial charge in [-0.1, -0.05) is 42.0 Å². The van der Waals surface area contributed by atoms with Gasteiger partial charge in [-0.25, -0.2) is 0 Å². The first-order valence-corrected chi connectivity index (χ1v) is 6.39. The molecule has 0 atom stereocenters. The Bertz CT molecular complexity index is 577. The summed E-state index contributed by atoms with van der Waals surface area (Å²) in [4.78, 5) is 14.7. The predicted octanol–water partition coefficient (Wildman–Crippen LogP) is 3.47. The van der Waals surface area contributed by atoms with Crippen molar-refractivity contribution in [3.05, 3.63) is 72.1 Å². The van der Waals surface area contributed by atoms with Crippen LogP contribution in [-0.2, 0) is 0 Å². The molecule has 0 spiro atoms. The third kappa shape index (κ3) is 5.06. The second kappa shape index (κ2) is 7.89. The quantitative estimate of drug-likeness (QED) is 0.906. The number of aromatic nitrogens is 1. The van der Waals surface area contributed by atoms with Crippen molar-refractivity contribution in [1.82, 2.24) is 10.3 Å². The molecule has 0 bridgehead atoms. The van der Waals surface area contributed by atoms with Gasteiger partial charge in [-0.3, -0.25) is 9.78 Å². The van der Waals surface area contributed by atoms with Gasteiger partial charge in [0.1, 0.15) is 0 Å². The lowest BCUT2D eigenvalue weighted by Gasteiger charge is -1.98. The van der Waals surface area contributed by atoms with Gasteiger partial charge in [0.25, 0.3) is 5.91 Å². The number of amides is 1. The maximum atomic E-state index is 10.9. The molecule has 104 valence electrons. The van der Waals surface area contributed by atoms with Crippen molar-refractivity contribution in [2.45, 2.75) is 13.8 Å². The van der Waals surface area contributed by atoms with Crippen molar-refractivity contribution in [2.75, 3.05) is 7.05 Å². The number of hydrogen-bond acceptors (Lipinski definition) is 2. The Balaban J connectivity index is 0.000000200. The molecule has 0 unspecified atom stereocenters. The number of rotatable bonds is 2. The Morgan fingerprint density at radius 2 is 1.80 bits per heavy atom. The van der Waals surface area contributed by atoms with Crippen LogP contribution in [-0.4, -0.2) is 17.9 Å². The molecule has 1 aromatic heterocycles. The summed E-state index contributed by atoms with van der Waals surface area (Å²) in [6, 6.07) is 11.7. The molecule has 1 heterocycles. The summed E-state index contributed by atoms with van der Waals surface area (Å²) >= 11 is 0. The largest absolute Gasteiger partial charge is 0.355 e. The molecule has 0 aliphatic carbocycles. The minimum atomic E-state index is -0.0811. The molecule has 1 N–H and O–H groups in total. The molecule has 2 aromatic rings. The van der Waals surface area contributed by atoms with Crippen molar-refractivity contribution < 1.29 is 4.79 Å². The highest BCUT2D eigenvalue weighted by Gasteiger charge is 1.98. The van der Waals surface area contributed by atoms with Crippen LogP contribution >= 0.6 is 0 Å². The van der Waals surface area contributed by atoms with Crippen molar-refractivity contribution in [3.63, 3.8) is 0 Å². The van der Waals surface area contributed by atoms with Crippen molar-refractivity contribution in [1.29, 1.82) is 0 Å². The summed E-state index contributed by atoms with van der Waals surface area (Å²) in [7, 11) is 1.60. The summed E-state index contributed by atoms with van der Waals surface area (Å²) in [6.45, 7) is 7.98. The highest BCUT2D eigenvalue weighted by atomic mass is 16.1. The van der Waals surface area contributed by atoms with Crippen molar-refractivity contribution in [3.8, 4) is 0 Å². The summed E-state index contributed by atoms with van der Waals surface area (Å²) in [5.41, 5.74) is 4.29. The highest BCUT2D eigenvalue weighted by Crippen LogP contribution is 2.11. The normalized spacial score (nSPS) is 9.15. The Morgan fingerprint density at radius 1 is 1.15 bits per heavy atom.